The Kier molecular flexibility index (Phi) is 8.86. The number of aliphatic hydroxyl groups is 2. The molecule has 10 heteroatoms. The van der Waals surface area contributed by atoms with E-state index in [-0.39, 0.29) is 5.75 Å². The van der Waals surface area contributed by atoms with Crippen LogP contribution in [0.5, 0.6) is 5.75 Å². The smallest absolute Gasteiger partial charge is 0.414 e. The molecule has 0 aliphatic carbocycles. The molecular weight excluding hydrogens is 372 g/mol. The van der Waals surface area contributed by atoms with Crippen LogP contribution in [0.2, 0.25) is 0 Å². The molecule has 4 N–H and O–H groups in total. The Bertz CT molecular complexity index is 707. The quantitative estimate of drug-likeness (QED) is 0.271. The van der Waals surface area contributed by atoms with Crippen molar-refractivity contribution in [3.63, 3.8) is 0 Å². The fraction of sp³-hybridized carbons (Fsp3) is 0.444. The van der Waals surface area contributed by atoms with Gasteiger partial charge in [-0.1, -0.05) is 12.1 Å². The molecule has 1 aromatic carbocycles. The SMILES string of the molecule is CCN(C)C(=O)Oc1cccc([C@H](C=C(OO)[C@H](O)[C@@H](O)C(=O)O)N(C)C)c1. The van der Waals surface area contributed by atoms with E-state index in [4.69, 9.17) is 15.1 Å². The number of hydrogen-bond donors (Lipinski definition) is 4. The van der Waals surface area contributed by atoms with Crippen molar-refractivity contribution < 1.29 is 39.8 Å². The van der Waals surface area contributed by atoms with Crippen LogP contribution in [0.15, 0.2) is 36.1 Å². The first-order valence-electron chi connectivity index (χ1n) is 8.43. The Morgan fingerprint density at radius 3 is 2.32 bits per heavy atom. The number of aliphatic carboxylic acids is 1. The van der Waals surface area contributed by atoms with Gasteiger partial charge in [0, 0.05) is 13.6 Å². The van der Waals surface area contributed by atoms with Gasteiger partial charge in [-0.3, -0.25) is 4.90 Å². The maximum atomic E-state index is 11.9. The lowest BCUT2D eigenvalue weighted by Gasteiger charge is -2.24. The van der Waals surface area contributed by atoms with Gasteiger partial charge in [-0.15, -0.1) is 0 Å². The first kappa shape index (κ1) is 23.4. The van der Waals surface area contributed by atoms with E-state index in [1.54, 1.807) is 57.2 Å². The van der Waals surface area contributed by atoms with E-state index < -0.39 is 36.1 Å². The standard InChI is InChI=1S/C18H26N2O8/c1-5-20(4)18(25)27-12-8-6-7-11(9-12)13(19(2)3)10-14(28-26)15(21)16(22)17(23)24/h6-10,13,15-16,21-22,26H,5H2,1-4H3,(H,23,24)/t13-,15-,16+/m0/s1. The molecule has 0 fully saturated rings. The fourth-order valence-electron chi connectivity index (χ4n) is 2.24. The van der Waals surface area contributed by atoms with Crippen molar-refractivity contribution in [3.8, 4) is 5.75 Å². The summed E-state index contributed by atoms with van der Waals surface area (Å²) in [6.07, 6.45) is -3.45. The van der Waals surface area contributed by atoms with Crippen LogP contribution >= 0.6 is 0 Å². The van der Waals surface area contributed by atoms with E-state index in [0.29, 0.717) is 12.1 Å². The molecule has 0 bridgehead atoms. The summed E-state index contributed by atoms with van der Waals surface area (Å²) in [4.78, 5) is 29.9. The van der Waals surface area contributed by atoms with Crippen molar-refractivity contribution in [1.82, 2.24) is 9.80 Å². The zero-order chi connectivity index (χ0) is 21.4. The van der Waals surface area contributed by atoms with Gasteiger partial charge < -0.3 is 29.8 Å². The third-order valence-corrected chi connectivity index (χ3v) is 4.02. The summed E-state index contributed by atoms with van der Waals surface area (Å²) in [6, 6.07) is 5.92. The topological polar surface area (TPSA) is 140 Å². The molecule has 0 unspecified atom stereocenters. The molecule has 0 saturated heterocycles. The number of likely N-dealkylation sites (N-methyl/N-ethyl adjacent to an activating group) is 1. The lowest BCUT2D eigenvalue weighted by Crippen LogP contribution is -2.36. The monoisotopic (exact) mass is 398 g/mol. The van der Waals surface area contributed by atoms with Crippen LogP contribution in [0.3, 0.4) is 0 Å². The third-order valence-electron chi connectivity index (χ3n) is 4.02. The molecule has 1 amide bonds. The van der Waals surface area contributed by atoms with E-state index in [1.807, 2.05) is 0 Å². The van der Waals surface area contributed by atoms with Crippen molar-refractivity contribution in [2.45, 2.75) is 25.2 Å². The van der Waals surface area contributed by atoms with Gasteiger partial charge in [0.25, 0.3) is 0 Å². The van der Waals surface area contributed by atoms with Crippen molar-refractivity contribution in [2.75, 3.05) is 27.7 Å². The highest BCUT2D eigenvalue weighted by atomic mass is 17.1. The van der Waals surface area contributed by atoms with Crippen LogP contribution < -0.4 is 4.74 Å². The number of hydrogen-bond acceptors (Lipinski definition) is 8. The Hall–Kier alpha value is -2.66. The molecule has 3 atom stereocenters. The van der Waals surface area contributed by atoms with Gasteiger partial charge in [0.05, 0.1) is 6.04 Å². The number of carbonyl (C=O) groups excluding carboxylic acids is 1. The summed E-state index contributed by atoms with van der Waals surface area (Å²) in [5.74, 6) is -1.94. The lowest BCUT2D eigenvalue weighted by atomic mass is 10.0. The van der Waals surface area contributed by atoms with Crippen LogP contribution in [0, 0.1) is 0 Å². The van der Waals surface area contributed by atoms with Gasteiger partial charge in [-0.25, -0.2) is 14.8 Å². The average Bonchev–Trinajstić information content (AvgIpc) is 2.66. The summed E-state index contributed by atoms with van der Waals surface area (Å²) in [5.41, 5.74) is 0.598. The second-order valence-electron chi connectivity index (χ2n) is 6.25. The van der Waals surface area contributed by atoms with Crippen LogP contribution in [0.25, 0.3) is 0 Å². The number of benzene rings is 1. The first-order chi connectivity index (χ1) is 13.1. The van der Waals surface area contributed by atoms with Crippen LogP contribution in [0.1, 0.15) is 18.5 Å². The molecule has 156 valence electrons. The summed E-state index contributed by atoms with van der Waals surface area (Å²) in [6.45, 7) is 2.28. The van der Waals surface area contributed by atoms with Gasteiger partial charge in [-0.2, -0.15) is 0 Å². The molecule has 28 heavy (non-hydrogen) atoms. The number of rotatable bonds is 9. The summed E-state index contributed by atoms with van der Waals surface area (Å²) in [5, 5.41) is 37.2. The number of aliphatic hydroxyl groups excluding tert-OH is 2. The van der Waals surface area contributed by atoms with Crippen molar-refractivity contribution in [1.29, 1.82) is 0 Å². The molecule has 0 aliphatic rings. The number of carboxylic acid groups (broad SMARTS) is 1. The Balaban J connectivity index is 3.19. The van der Waals surface area contributed by atoms with E-state index in [0.717, 1.165) is 0 Å². The third kappa shape index (κ3) is 6.20. The molecule has 0 aromatic heterocycles. The highest BCUT2D eigenvalue weighted by Crippen LogP contribution is 2.26. The Labute approximate surface area is 162 Å². The van der Waals surface area contributed by atoms with E-state index in [2.05, 4.69) is 4.89 Å². The minimum absolute atomic E-state index is 0.278. The fourth-order valence-corrected chi connectivity index (χ4v) is 2.24. The number of nitrogens with zero attached hydrogens (tertiary/aromatic N) is 2. The minimum Gasteiger partial charge on any atom is -0.479 e. The molecule has 0 spiro atoms. The maximum Gasteiger partial charge on any atom is 0.414 e. The zero-order valence-electron chi connectivity index (χ0n) is 16.1. The molecule has 1 aromatic rings. The maximum absolute atomic E-state index is 11.9. The van der Waals surface area contributed by atoms with Crippen molar-refractivity contribution >= 4 is 12.1 Å². The Morgan fingerprint density at radius 2 is 1.82 bits per heavy atom. The molecule has 0 radical (unpaired) electrons. The number of carbonyl (C=O) groups is 2. The number of carboxylic acids is 1. The summed E-state index contributed by atoms with van der Waals surface area (Å²) >= 11 is 0. The van der Waals surface area contributed by atoms with Gasteiger partial charge >= 0.3 is 12.1 Å². The van der Waals surface area contributed by atoms with Gasteiger partial charge in [0.1, 0.15) is 5.75 Å². The first-order valence-corrected chi connectivity index (χ1v) is 8.43. The van der Waals surface area contributed by atoms with Crippen LogP contribution in [-0.4, -0.2) is 82.3 Å². The predicted molar refractivity (Wildman–Crippen MR) is 98.6 cm³/mol. The summed E-state index contributed by atoms with van der Waals surface area (Å²) < 4.78 is 5.29. The second-order valence-corrected chi connectivity index (χ2v) is 6.25. The zero-order valence-corrected chi connectivity index (χ0v) is 16.1. The molecule has 0 heterocycles. The largest absolute Gasteiger partial charge is 0.479 e. The number of ether oxygens (including phenoxy) is 1. The lowest BCUT2D eigenvalue weighted by molar-refractivity contribution is -0.223. The molecule has 0 aliphatic heterocycles. The van der Waals surface area contributed by atoms with E-state index in [1.165, 1.54) is 11.0 Å². The van der Waals surface area contributed by atoms with Gasteiger partial charge in [0.15, 0.2) is 18.0 Å². The second kappa shape index (κ2) is 10.6. The molecule has 1 rings (SSSR count). The Morgan fingerprint density at radius 1 is 1.18 bits per heavy atom. The van der Waals surface area contributed by atoms with Gasteiger partial charge in [-0.05, 0) is 44.8 Å². The molecule has 10 nitrogen and oxygen atoms in total. The average molecular weight is 398 g/mol. The van der Waals surface area contributed by atoms with E-state index in [9.17, 15) is 19.8 Å². The highest BCUT2D eigenvalue weighted by Gasteiger charge is 2.30. The normalized spacial score (nSPS) is 14.9. The summed E-state index contributed by atoms with van der Waals surface area (Å²) in [7, 11) is 4.98. The molecule has 0 saturated carbocycles. The minimum atomic E-state index is -2.18. The predicted octanol–water partition coefficient (Wildman–Crippen LogP) is 0.920. The van der Waals surface area contributed by atoms with Crippen LogP contribution in [-0.2, 0) is 9.68 Å². The molecular formula is C18H26N2O8. The van der Waals surface area contributed by atoms with Crippen molar-refractivity contribution in [3.05, 3.63) is 41.7 Å². The highest BCUT2D eigenvalue weighted by molar-refractivity contribution is 5.73. The number of amides is 1. The van der Waals surface area contributed by atoms with Gasteiger partial charge in [0.2, 0.25) is 0 Å². The van der Waals surface area contributed by atoms with E-state index >= 15 is 0 Å². The van der Waals surface area contributed by atoms with Crippen LogP contribution in [0.4, 0.5) is 4.79 Å². The van der Waals surface area contributed by atoms with Crippen molar-refractivity contribution in [2.24, 2.45) is 0 Å².